The van der Waals surface area contributed by atoms with Crippen LogP contribution in [0.25, 0.3) is 0 Å². The van der Waals surface area contributed by atoms with Gasteiger partial charge in [0.1, 0.15) is 6.61 Å². The van der Waals surface area contributed by atoms with Gasteiger partial charge in [-0.05, 0) is 24.5 Å². The van der Waals surface area contributed by atoms with E-state index in [9.17, 15) is 13.2 Å². The number of guanidine groups is 1. The molecule has 0 heterocycles. The second kappa shape index (κ2) is 14.0. The first kappa shape index (κ1) is 24.9. The molecule has 0 aliphatic rings. The summed E-state index contributed by atoms with van der Waals surface area (Å²) in [7, 11) is 1.66. The third-order valence-electron chi connectivity index (χ3n) is 3.14. The van der Waals surface area contributed by atoms with Gasteiger partial charge in [0.2, 0.25) is 0 Å². The minimum atomic E-state index is -4.30. The Hall–Kier alpha value is -1.07. The number of halogens is 4. The first-order chi connectivity index (χ1) is 11.9. The van der Waals surface area contributed by atoms with E-state index < -0.39 is 12.8 Å². The highest BCUT2D eigenvalue weighted by atomic mass is 127. The molecule has 0 unspecified atom stereocenters. The largest absolute Gasteiger partial charge is 0.411 e. The summed E-state index contributed by atoms with van der Waals surface area (Å²) >= 11 is 0. The van der Waals surface area contributed by atoms with Gasteiger partial charge in [0, 0.05) is 26.8 Å². The van der Waals surface area contributed by atoms with Crippen LogP contribution in [0.15, 0.2) is 29.3 Å². The van der Waals surface area contributed by atoms with Crippen LogP contribution >= 0.6 is 24.0 Å². The number of nitrogens with zero attached hydrogens (tertiary/aromatic N) is 1. The molecule has 1 aromatic rings. The second-order valence-electron chi connectivity index (χ2n) is 5.39. The molecule has 0 aromatic heterocycles. The highest BCUT2D eigenvalue weighted by molar-refractivity contribution is 14.0. The number of hydrogen-bond acceptors (Lipinski definition) is 3. The van der Waals surface area contributed by atoms with Gasteiger partial charge in [-0.25, -0.2) is 4.99 Å². The van der Waals surface area contributed by atoms with Crippen LogP contribution in [0.3, 0.4) is 0 Å². The molecule has 0 amide bonds. The molecule has 0 saturated carbocycles. The lowest BCUT2D eigenvalue weighted by Gasteiger charge is -2.11. The van der Waals surface area contributed by atoms with Gasteiger partial charge < -0.3 is 20.1 Å². The molecule has 0 saturated heterocycles. The summed E-state index contributed by atoms with van der Waals surface area (Å²) in [6, 6.07) is 7.18. The molecule has 26 heavy (non-hydrogen) atoms. The molecule has 2 N–H and O–H groups in total. The van der Waals surface area contributed by atoms with Crippen molar-refractivity contribution in [1.29, 1.82) is 0 Å². The zero-order chi connectivity index (χ0) is 18.5. The van der Waals surface area contributed by atoms with E-state index in [1.807, 2.05) is 19.1 Å². The Morgan fingerprint density at radius 2 is 1.77 bits per heavy atom. The Bertz CT molecular complexity index is 511. The number of nitrogens with one attached hydrogen (secondary N) is 2. The van der Waals surface area contributed by atoms with Gasteiger partial charge in [0.05, 0.1) is 13.2 Å². The molecule has 150 valence electrons. The third kappa shape index (κ3) is 12.3. The molecular weight excluding hydrogens is 462 g/mol. The van der Waals surface area contributed by atoms with Crippen molar-refractivity contribution in [3.63, 3.8) is 0 Å². The predicted octanol–water partition coefficient (Wildman–Crippen LogP) is 3.48. The van der Waals surface area contributed by atoms with Crippen molar-refractivity contribution >= 4 is 29.9 Å². The molecule has 1 rings (SSSR count). The van der Waals surface area contributed by atoms with Gasteiger partial charge in [0.25, 0.3) is 0 Å². The molecule has 5 nitrogen and oxygen atoms in total. The van der Waals surface area contributed by atoms with Gasteiger partial charge in [-0.2, -0.15) is 13.2 Å². The van der Waals surface area contributed by atoms with Crippen molar-refractivity contribution in [3.8, 4) is 0 Å². The van der Waals surface area contributed by atoms with Crippen molar-refractivity contribution < 1.29 is 22.6 Å². The molecule has 0 spiro atoms. The van der Waals surface area contributed by atoms with Gasteiger partial charge in [-0.15, -0.1) is 24.0 Å². The van der Waals surface area contributed by atoms with Crippen molar-refractivity contribution in [2.45, 2.75) is 32.7 Å². The number of alkyl halides is 3. The van der Waals surface area contributed by atoms with Crippen LogP contribution in [-0.4, -0.2) is 45.5 Å². The maximum atomic E-state index is 12.0. The molecule has 0 fully saturated rings. The van der Waals surface area contributed by atoms with Crippen LogP contribution in [0.4, 0.5) is 13.2 Å². The summed E-state index contributed by atoms with van der Waals surface area (Å²) in [5.74, 6) is 0.719. The molecule has 1 aromatic carbocycles. The summed E-state index contributed by atoms with van der Waals surface area (Å²) in [6.45, 7) is 3.36. The third-order valence-corrected chi connectivity index (χ3v) is 3.14. The molecule has 0 aliphatic heterocycles. The average Bonchev–Trinajstić information content (AvgIpc) is 2.56. The molecular formula is C17H27F3IN3O2. The molecule has 0 aliphatic carbocycles. The quantitative estimate of drug-likeness (QED) is 0.229. The van der Waals surface area contributed by atoms with E-state index in [1.54, 1.807) is 19.2 Å². The lowest BCUT2D eigenvalue weighted by atomic mass is 10.1. The maximum Gasteiger partial charge on any atom is 0.411 e. The summed E-state index contributed by atoms with van der Waals surface area (Å²) < 4.78 is 45.7. The van der Waals surface area contributed by atoms with E-state index in [2.05, 4.69) is 20.4 Å². The summed E-state index contributed by atoms with van der Waals surface area (Å²) in [5.41, 5.74) is 1.66. The highest BCUT2D eigenvalue weighted by Crippen LogP contribution is 2.16. The SMILES string of the molecule is CCNC(=NCc1ccc(COCC(F)(F)F)cc1)NCCCOC.I. The maximum absolute atomic E-state index is 12.0. The Morgan fingerprint density at radius 3 is 2.35 bits per heavy atom. The monoisotopic (exact) mass is 489 g/mol. The lowest BCUT2D eigenvalue weighted by molar-refractivity contribution is -0.176. The zero-order valence-corrected chi connectivity index (χ0v) is 17.4. The fraction of sp³-hybridized carbons (Fsp3) is 0.588. The molecule has 0 atom stereocenters. The van der Waals surface area contributed by atoms with E-state index >= 15 is 0 Å². The van der Waals surface area contributed by atoms with E-state index in [0.717, 1.165) is 31.0 Å². The van der Waals surface area contributed by atoms with Crippen molar-refractivity contribution in [3.05, 3.63) is 35.4 Å². The fourth-order valence-electron chi connectivity index (χ4n) is 1.96. The number of benzene rings is 1. The van der Waals surface area contributed by atoms with Gasteiger partial charge >= 0.3 is 6.18 Å². The van der Waals surface area contributed by atoms with Crippen molar-refractivity contribution in [2.24, 2.45) is 4.99 Å². The topological polar surface area (TPSA) is 54.9 Å². The number of ether oxygens (including phenoxy) is 2. The number of aliphatic imine (C=N–C) groups is 1. The van der Waals surface area contributed by atoms with Crippen LogP contribution in [0.1, 0.15) is 24.5 Å². The standard InChI is InChI=1S/C17H26F3N3O2.HI/c1-3-21-16(22-9-4-10-24-2)23-11-14-5-7-15(8-6-14)12-25-13-17(18,19)20;/h5-8H,3-4,9-13H2,1-2H3,(H2,21,22,23);1H. The van der Waals surface area contributed by atoms with Crippen molar-refractivity contribution in [2.75, 3.05) is 33.4 Å². The van der Waals surface area contributed by atoms with Crippen LogP contribution in [0, 0.1) is 0 Å². The van der Waals surface area contributed by atoms with E-state index in [-0.39, 0.29) is 30.6 Å². The van der Waals surface area contributed by atoms with Gasteiger partial charge in [0.15, 0.2) is 5.96 Å². The first-order valence-electron chi connectivity index (χ1n) is 8.18. The number of rotatable bonds is 10. The van der Waals surface area contributed by atoms with Crippen LogP contribution in [0.2, 0.25) is 0 Å². The second-order valence-corrected chi connectivity index (χ2v) is 5.39. The lowest BCUT2D eigenvalue weighted by Crippen LogP contribution is -2.38. The minimum absolute atomic E-state index is 0. The normalized spacial score (nSPS) is 11.8. The number of hydrogen-bond donors (Lipinski definition) is 2. The Kier molecular flexibility index (Phi) is 13.5. The Labute approximate surface area is 169 Å². The highest BCUT2D eigenvalue weighted by Gasteiger charge is 2.27. The minimum Gasteiger partial charge on any atom is -0.385 e. The van der Waals surface area contributed by atoms with Gasteiger partial charge in [-0.3, -0.25) is 0 Å². The summed E-state index contributed by atoms with van der Waals surface area (Å²) in [4.78, 5) is 4.48. The first-order valence-corrected chi connectivity index (χ1v) is 8.18. The smallest absolute Gasteiger partial charge is 0.385 e. The van der Waals surface area contributed by atoms with E-state index in [4.69, 9.17) is 4.74 Å². The predicted molar refractivity (Wildman–Crippen MR) is 107 cm³/mol. The fourth-order valence-corrected chi connectivity index (χ4v) is 1.96. The summed E-state index contributed by atoms with van der Waals surface area (Å²) in [5, 5.41) is 6.37. The van der Waals surface area contributed by atoms with E-state index in [1.165, 1.54) is 0 Å². The molecule has 9 heteroatoms. The number of methoxy groups -OCH3 is 1. The average molecular weight is 489 g/mol. The summed E-state index contributed by atoms with van der Waals surface area (Å²) in [6.07, 6.45) is -3.42. The van der Waals surface area contributed by atoms with Gasteiger partial charge in [-0.1, -0.05) is 24.3 Å². The van der Waals surface area contributed by atoms with Crippen molar-refractivity contribution in [1.82, 2.24) is 10.6 Å². The van der Waals surface area contributed by atoms with Crippen LogP contribution < -0.4 is 10.6 Å². The Morgan fingerprint density at radius 1 is 1.12 bits per heavy atom. The molecule has 0 radical (unpaired) electrons. The Balaban J connectivity index is 0.00000625. The van der Waals surface area contributed by atoms with E-state index in [0.29, 0.717) is 18.7 Å². The zero-order valence-electron chi connectivity index (χ0n) is 15.1. The van der Waals surface area contributed by atoms with Crippen LogP contribution in [0.5, 0.6) is 0 Å². The molecule has 0 bridgehead atoms. The van der Waals surface area contributed by atoms with Crippen LogP contribution in [-0.2, 0) is 22.6 Å².